The van der Waals surface area contributed by atoms with E-state index >= 15 is 0 Å². The standard InChI is InChI=1S/C21H12ClN3O3S/c22-18-12-3-1-2-4-17(12)29-19(18)20(27)24-11-5-6-15(26)13(9-11)21-25-14-10-23-8-7-16(14)28-21/h1-10,26H,(H,24,27). The van der Waals surface area contributed by atoms with Crippen molar-refractivity contribution in [3.8, 4) is 17.2 Å². The van der Waals surface area contributed by atoms with Gasteiger partial charge in [0, 0.05) is 28.0 Å². The zero-order valence-corrected chi connectivity index (χ0v) is 16.3. The van der Waals surface area contributed by atoms with Gasteiger partial charge in [0.05, 0.1) is 16.8 Å². The number of phenols is 1. The lowest BCUT2D eigenvalue weighted by Gasteiger charge is -2.07. The van der Waals surface area contributed by atoms with Crippen molar-refractivity contribution in [3.05, 3.63) is 70.8 Å². The third-order valence-electron chi connectivity index (χ3n) is 4.42. The lowest BCUT2D eigenvalue weighted by molar-refractivity contribution is 0.103. The van der Waals surface area contributed by atoms with Crippen molar-refractivity contribution < 1.29 is 14.3 Å². The molecule has 0 spiro atoms. The highest BCUT2D eigenvalue weighted by atomic mass is 35.5. The Morgan fingerprint density at radius 1 is 1.17 bits per heavy atom. The van der Waals surface area contributed by atoms with Crippen LogP contribution in [0.2, 0.25) is 5.02 Å². The molecule has 0 saturated carbocycles. The first-order chi connectivity index (χ1) is 14.1. The maximum absolute atomic E-state index is 12.8. The molecule has 2 N–H and O–H groups in total. The first-order valence-corrected chi connectivity index (χ1v) is 9.82. The van der Waals surface area contributed by atoms with Gasteiger partial charge in [0.1, 0.15) is 16.1 Å². The third-order valence-corrected chi connectivity index (χ3v) is 6.09. The fourth-order valence-corrected chi connectivity index (χ4v) is 4.44. The van der Waals surface area contributed by atoms with E-state index in [1.165, 1.54) is 17.4 Å². The van der Waals surface area contributed by atoms with E-state index in [0.29, 0.717) is 32.3 Å². The van der Waals surface area contributed by atoms with Crippen molar-refractivity contribution in [2.45, 2.75) is 0 Å². The summed E-state index contributed by atoms with van der Waals surface area (Å²) in [6, 6.07) is 14.0. The lowest BCUT2D eigenvalue weighted by Crippen LogP contribution is -2.10. The fourth-order valence-electron chi connectivity index (χ4n) is 3.03. The van der Waals surface area contributed by atoms with Crippen LogP contribution in [0, 0.1) is 0 Å². The average Bonchev–Trinajstić information content (AvgIpc) is 3.31. The van der Waals surface area contributed by atoms with E-state index in [4.69, 9.17) is 16.0 Å². The first-order valence-electron chi connectivity index (χ1n) is 8.62. The second-order valence-corrected chi connectivity index (χ2v) is 7.72. The molecule has 0 fully saturated rings. The summed E-state index contributed by atoms with van der Waals surface area (Å²) in [7, 11) is 0. The number of phenolic OH excluding ortho intramolecular Hbond substituents is 1. The summed E-state index contributed by atoms with van der Waals surface area (Å²) in [6.07, 6.45) is 3.18. The molecule has 0 aliphatic rings. The number of fused-ring (bicyclic) bond motifs is 2. The Bertz CT molecular complexity index is 1360. The molecule has 3 heterocycles. The number of carbonyl (C=O) groups is 1. The second kappa shape index (κ2) is 6.88. The Morgan fingerprint density at radius 3 is 2.86 bits per heavy atom. The van der Waals surface area contributed by atoms with E-state index in [0.717, 1.165) is 10.1 Å². The number of hydrogen-bond acceptors (Lipinski definition) is 6. The Labute approximate surface area is 173 Å². The van der Waals surface area contributed by atoms with E-state index in [1.54, 1.807) is 30.6 Å². The number of amides is 1. The van der Waals surface area contributed by atoms with Gasteiger partial charge in [0.25, 0.3) is 5.91 Å². The highest BCUT2D eigenvalue weighted by Gasteiger charge is 2.18. The summed E-state index contributed by atoms with van der Waals surface area (Å²) in [5, 5.41) is 14.3. The normalized spacial score (nSPS) is 11.2. The maximum Gasteiger partial charge on any atom is 0.267 e. The van der Waals surface area contributed by atoms with Crippen molar-refractivity contribution in [2.75, 3.05) is 5.32 Å². The third kappa shape index (κ3) is 3.10. The highest BCUT2D eigenvalue weighted by molar-refractivity contribution is 7.21. The summed E-state index contributed by atoms with van der Waals surface area (Å²) in [5.74, 6) is -0.0986. The molecule has 0 atom stereocenters. The van der Waals surface area contributed by atoms with E-state index in [2.05, 4.69) is 15.3 Å². The van der Waals surface area contributed by atoms with Crippen LogP contribution in [-0.4, -0.2) is 21.0 Å². The van der Waals surface area contributed by atoms with E-state index in [1.807, 2.05) is 24.3 Å². The average molecular weight is 422 g/mol. The number of anilines is 1. The Hall–Kier alpha value is -3.42. The fraction of sp³-hybridized carbons (Fsp3) is 0. The molecule has 5 aromatic rings. The lowest BCUT2D eigenvalue weighted by atomic mass is 10.1. The van der Waals surface area contributed by atoms with Crippen molar-refractivity contribution in [3.63, 3.8) is 0 Å². The summed E-state index contributed by atoms with van der Waals surface area (Å²) in [4.78, 5) is 21.6. The summed E-state index contributed by atoms with van der Waals surface area (Å²) >= 11 is 7.72. The minimum atomic E-state index is -0.324. The van der Waals surface area contributed by atoms with Gasteiger partial charge in [-0.3, -0.25) is 9.78 Å². The van der Waals surface area contributed by atoms with E-state index in [-0.39, 0.29) is 17.5 Å². The minimum absolute atomic E-state index is 0.0117. The molecule has 29 heavy (non-hydrogen) atoms. The zero-order valence-electron chi connectivity index (χ0n) is 14.7. The molecular weight excluding hydrogens is 410 g/mol. The van der Waals surface area contributed by atoms with Crippen LogP contribution < -0.4 is 5.32 Å². The number of aromatic nitrogens is 2. The molecule has 0 saturated heterocycles. The van der Waals surface area contributed by atoms with Gasteiger partial charge < -0.3 is 14.8 Å². The van der Waals surface area contributed by atoms with Gasteiger partial charge in [-0.25, -0.2) is 4.98 Å². The number of aromatic hydroxyl groups is 1. The number of thiophene rings is 1. The summed E-state index contributed by atoms with van der Waals surface area (Å²) in [6.45, 7) is 0. The predicted molar refractivity (Wildman–Crippen MR) is 114 cm³/mol. The number of nitrogens with one attached hydrogen (secondary N) is 1. The topological polar surface area (TPSA) is 88.2 Å². The van der Waals surface area contributed by atoms with Crippen LogP contribution in [0.1, 0.15) is 9.67 Å². The first kappa shape index (κ1) is 17.7. The summed E-state index contributed by atoms with van der Waals surface area (Å²) in [5.41, 5.74) is 1.98. The molecule has 5 rings (SSSR count). The highest BCUT2D eigenvalue weighted by Crippen LogP contribution is 2.37. The molecule has 0 aliphatic heterocycles. The number of halogens is 1. The smallest absolute Gasteiger partial charge is 0.267 e. The molecule has 0 radical (unpaired) electrons. The summed E-state index contributed by atoms with van der Waals surface area (Å²) < 4.78 is 6.63. The van der Waals surface area contributed by atoms with Crippen LogP contribution in [0.15, 0.2) is 65.3 Å². The molecule has 1 amide bonds. The zero-order chi connectivity index (χ0) is 20.0. The van der Waals surface area contributed by atoms with Crippen LogP contribution >= 0.6 is 22.9 Å². The Balaban J connectivity index is 1.49. The van der Waals surface area contributed by atoms with Crippen molar-refractivity contribution in [2.24, 2.45) is 0 Å². The van der Waals surface area contributed by atoms with E-state index < -0.39 is 0 Å². The monoisotopic (exact) mass is 421 g/mol. The van der Waals surface area contributed by atoms with E-state index in [9.17, 15) is 9.90 Å². The van der Waals surface area contributed by atoms with Crippen LogP contribution in [0.5, 0.6) is 5.75 Å². The molecule has 8 heteroatoms. The van der Waals surface area contributed by atoms with Gasteiger partial charge in [-0.05, 0) is 24.3 Å². The quantitative estimate of drug-likeness (QED) is 0.364. The van der Waals surface area contributed by atoms with Crippen LogP contribution in [0.3, 0.4) is 0 Å². The number of hydrogen-bond donors (Lipinski definition) is 2. The van der Waals surface area contributed by atoms with Gasteiger partial charge in [-0.15, -0.1) is 11.3 Å². The van der Waals surface area contributed by atoms with Gasteiger partial charge in [0.2, 0.25) is 5.89 Å². The van der Waals surface area contributed by atoms with Gasteiger partial charge >= 0.3 is 0 Å². The van der Waals surface area contributed by atoms with Crippen molar-refractivity contribution in [1.82, 2.24) is 9.97 Å². The number of pyridine rings is 1. The molecule has 142 valence electrons. The molecular formula is C21H12ClN3O3S. The largest absolute Gasteiger partial charge is 0.507 e. The number of nitrogens with zero attached hydrogens (tertiary/aromatic N) is 2. The van der Waals surface area contributed by atoms with Crippen molar-refractivity contribution in [1.29, 1.82) is 0 Å². The van der Waals surface area contributed by atoms with Gasteiger partial charge in [-0.1, -0.05) is 29.8 Å². The number of rotatable bonds is 3. The molecule has 6 nitrogen and oxygen atoms in total. The second-order valence-electron chi connectivity index (χ2n) is 6.29. The number of benzene rings is 2. The van der Waals surface area contributed by atoms with Crippen LogP contribution in [0.4, 0.5) is 5.69 Å². The minimum Gasteiger partial charge on any atom is -0.507 e. The predicted octanol–water partition coefficient (Wildman–Crippen LogP) is 5.72. The Kier molecular flexibility index (Phi) is 4.19. The van der Waals surface area contributed by atoms with Crippen LogP contribution in [0.25, 0.3) is 32.6 Å². The van der Waals surface area contributed by atoms with Crippen molar-refractivity contribution >= 4 is 55.7 Å². The SMILES string of the molecule is O=C(Nc1ccc(O)c(-c2nc3cnccc3o2)c1)c1sc2ccccc2c1Cl. The maximum atomic E-state index is 12.8. The number of oxazole rings is 1. The Morgan fingerprint density at radius 2 is 2.03 bits per heavy atom. The molecule has 0 unspecified atom stereocenters. The molecule has 0 bridgehead atoms. The molecule has 3 aromatic heterocycles. The van der Waals surface area contributed by atoms with Crippen LogP contribution in [-0.2, 0) is 0 Å². The molecule has 0 aliphatic carbocycles. The van der Waals surface area contributed by atoms with Gasteiger partial charge in [-0.2, -0.15) is 0 Å². The van der Waals surface area contributed by atoms with Gasteiger partial charge in [0.15, 0.2) is 5.58 Å². The molecule has 2 aromatic carbocycles. The number of carbonyl (C=O) groups excluding carboxylic acids is 1.